The molecule has 33 heavy (non-hydrogen) atoms. The van der Waals surface area contributed by atoms with Crippen LogP contribution in [0, 0.1) is 5.92 Å². The average molecular weight is 461 g/mol. The van der Waals surface area contributed by atoms with Gasteiger partial charge in [-0.3, -0.25) is 19.3 Å². The summed E-state index contributed by atoms with van der Waals surface area (Å²) in [5.74, 6) is -0.0200. The molecule has 1 atom stereocenters. The first-order valence-electron chi connectivity index (χ1n) is 11.6. The van der Waals surface area contributed by atoms with Gasteiger partial charge in [0.25, 0.3) is 5.91 Å². The van der Waals surface area contributed by atoms with E-state index in [0.717, 1.165) is 38.5 Å². The van der Waals surface area contributed by atoms with Crippen molar-refractivity contribution in [2.24, 2.45) is 5.92 Å². The van der Waals surface area contributed by atoms with E-state index in [1.54, 1.807) is 34.1 Å². The van der Waals surface area contributed by atoms with Gasteiger partial charge in [-0.25, -0.2) is 0 Å². The first kappa shape index (κ1) is 23.5. The number of ether oxygens (including phenoxy) is 3. The maximum absolute atomic E-state index is 12.5. The molecular weight excluding hydrogens is 428 g/mol. The van der Waals surface area contributed by atoms with Crippen LogP contribution >= 0.6 is 0 Å². The van der Waals surface area contributed by atoms with Crippen molar-refractivity contribution in [1.82, 2.24) is 15.1 Å². The van der Waals surface area contributed by atoms with Gasteiger partial charge in [0, 0.05) is 57.9 Å². The zero-order chi connectivity index (χ0) is 23.0. The highest BCUT2D eigenvalue weighted by molar-refractivity contribution is 6.00. The molecule has 3 amide bonds. The first-order valence-corrected chi connectivity index (χ1v) is 11.6. The van der Waals surface area contributed by atoms with Gasteiger partial charge in [0.05, 0.1) is 32.3 Å². The van der Waals surface area contributed by atoms with E-state index in [1.165, 1.54) is 0 Å². The lowest BCUT2D eigenvalue weighted by Crippen LogP contribution is -2.42. The minimum atomic E-state index is -0.357. The van der Waals surface area contributed by atoms with Crippen LogP contribution in [0.1, 0.15) is 6.42 Å². The number of amides is 3. The Kier molecular flexibility index (Phi) is 8.14. The van der Waals surface area contributed by atoms with Gasteiger partial charge < -0.3 is 29.3 Å². The predicted molar refractivity (Wildman–Crippen MR) is 120 cm³/mol. The molecule has 0 saturated carbocycles. The SMILES string of the molecule is O=C(NCCN1CCOCC1)[C@H]1CC(=O)N(c2ccc(OCC(=O)N3CCOCC3)cc2)C1. The van der Waals surface area contributed by atoms with Crippen LogP contribution in [0.2, 0.25) is 0 Å². The third-order valence-electron chi connectivity index (χ3n) is 6.20. The van der Waals surface area contributed by atoms with Crippen molar-refractivity contribution in [1.29, 1.82) is 0 Å². The maximum Gasteiger partial charge on any atom is 0.260 e. The summed E-state index contributed by atoms with van der Waals surface area (Å²) in [5, 5.41) is 2.96. The molecule has 0 aromatic heterocycles. The third-order valence-corrected chi connectivity index (χ3v) is 6.20. The van der Waals surface area contributed by atoms with Crippen LogP contribution in [0.3, 0.4) is 0 Å². The Bertz CT molecular complexity index is 821. The fourth-order valence-electron chi connectivity index (χ4n) is 4.21. The zero-order valence-corrected chi connectivity index (χ0v) is 18.9. The van der Waals surface area contributed by atoms with Crippen LogP contribution in [0.25, 0.3) is 0 Å². The molecule has 3 fully saturated rings. The molecule has 1 aromatic carbocycles. The van der Waals surface area contributed by atoms with Crippen molar-refractivity contribution in [2.75, 3.05) is 83.7 Å². The van der Waals surface area contributed by atoms with Gasteiger partial charge in [-0.1, -0.05) is 0 Å². The average Bonchev–Trinajstić information content (AvgIpc) is 3.25. The summed E-state index contributed by atoms with van der Waals surface area (Å²) >= 11 is 0. The van der Waals surface area contributed by atoms with E-state index in [2.05, 4.69) is 10.2 Å². The highest BCUT2D eigenvalue weighted by Crippen LogP contribution is 2.27. The van der Waals surface area contributed by atoms with Crippen molar-refractivity contribution in [3.05, 3.63) is 24.3 Å². The smallest absolute Gasteiger partial charge is 0.260 e. The third kappa shape index (κ3) is 6.43. The van der Waals surface area contributed by atoms with Gasteiger partial charge in [0.2, 0.25) is 11.8 Å². The largest absolute Gasteiger partial charge is 0.484 e. The monoisotopic (exact) mass is 460 g/mol. The standard InChI is InChI=1S/C23H32N4O6/c28-21-15-18(23(30)24-5-6-25-7-11-31-12-8-25)16-27(21)19-1-3-20(4-2-19)33-17-22(29)26-9-13-32-14-10-26/h1-4,18H,5-17H2,(H,24,30)/t18-/m0/s1. The summed E-state index contributed by atoms with van der Waals surface area (Å²) in [7, 11) is 0. The summed E-state index contributed by atoms with van der Waals surface area (Å²) in [4.78, 5) is 42.9. The van der Waals surface area contributed by atoms with Crippen LogP contribution in [0.5, 0.6) is 5.75 Å². The van der Waals surface area contributed by atoms with Crippen LogP contribution in [0.15, 0.2) is 24.3 Å². The molecule has 0 unspecified atom stereocenters. The molecule has 3 heterocycles. The number of hydrogen-bond acceptors (Lipinski definition) is 7. The van der Waals surface area contributed by atoms with Crippen molar-refractivity contribution >= 4 is 23.4 Å². The molecule has 1 aromatic rings. The molecule has 1 N–H and O–H groups in total. The molecule has 180 valence electrons. The van der Waals surface area contributed by atoms with E-state index >= 15 is 0 Å². The number of anilines is 1. The molecular formula is C23H32N4O6. The second kappa shape index (κ2) is 11.4. The summed E-state index contributed by atoms with van der Waals surface area (Å²) in [5.41, 5.74) is 0.718. The van der Waals surface area contributed by atoms with Gasteiger partial charge in [-0.05, 0) is 24.3 Å². The Morgan fingerprint density at radius 2 is 1.67 bits per heavy atom. The van der Waals surface area contributed by atoms with Gasteiger partial charge in [-0.2, -0.15) is 0 Å². The minimum Gasteiger partial charge on any atom is -0.484 e. The lowest BCUT2D eigenvalue weighted by Gasteiger charge is -2.26. The topological polar surface area (TPSA) is 101 Å². The van der Waals surface area contributed by atoms with Crippen molar-refractivity contribution in [3.63, 3.8) is 0 Å². The van der Waals surface area contributed by atoms with Gasteiger partial charge >= 0.3 is 0 Å². The highest BCUT2D eigenvalue weighted by Gasteiger charge is 2.35. The van der Waals surface area contributed by atoms with Gasteiger partial charge in [0.1, 0.15) is 5.75 Å². The van der Waals surface area contributed by atoms with Crippen molar-refractivity contribution < 1.29 is 28.6 Å². The minimum absolute atomic E-state index is 0.0330. The molecule has 4 rings (SSSR count). The Morgan fingerprint density at radius 3 is 2.36 bits per heavy atom. The molecule has 0 radical (unpaired) electrons. The number of hydrogen-bond donors (Lipinski definition) is 1. The van der Waals surface area contributed by atoms with Gasteiger partial charge in [-0.15, -0.1) is 0 Å². The predicted octanol–water partition coefficient (Wildman–Crippen LogP) is -0.274. The lowest BCUT2D eigenvalue weighted by atomic mass is 10.1. The van der Waals surface area contributed by atoms with E-state index in [9.17, 15) is 14.4 Å². The number of benzene rings is 1. The van der Waals surface area contributed by atoms with Crippen molar-refractivity contribution in [2.45, 2.75) is 6.42 Å². The Morgan fingerprint density at radius 1 is 1.00 bits per heavy atom. The molecule has 3 aliphatic heterocycles. The summed E-state index contributed by atoms with van der Waals surface area (Å²) in [6.07, 6.45) is 0.204. The summed E-state index contributed by atoms with van der Waals surface area (Å²) in [6, 6.07) is 7.05. The molecule has 0 spiro atoms. The fraction of sp³-hybridized carbons (Fsp3) is 0.609. The molecule has 10 nitrogen and oxygen atoms in total. The van der Waals surface area contributed by atoms with Crippen molar-refractivity contribution in [3.8, 4) is 5.75 Å². The Balaban J connectivity index is 1.21. The van der Waals surface area contributed by atoms with Gasteiger partial charge in [0.15, 0.2) is 6.61 Å². The maximum atomic E-state index is 12.5. The zero-order valence-electron chi connectivity index (χ0n) is 18.9. The fourth-order valence-corrected chi connectivity index (χ4v) is 4.21. The number of nitrogens with one attached hydrogen (secondary N) is 1. The summed E-state index contributed by atoms with van der Waals surface area (Å²) in [6.45, 7) is 7.18. The van der Waals surface area contributed by atoms with E-state index in [1.807, 2.05) is 0 Å². The molecule has 3 saturated heterocycles. The highest BCUT2D eigenvalue weighted by atomic mass is 16.5. The number of carbonyl (C=O) groups excluding carboxylic acids is 3. The van der Waals surface area contributed by atoms with Crippen LogP contribution in [-0.2, 0) is 23.9 Å². The molecule has 0 bridgehead atoms. The second-order valence-corrected chi connectivity index (χ2v) is 8.43. The summed E-state index contributed by atoms with van der Waals surface area (Å²) < 4.78 is 16.2. The molecule has 10 heteroatoms. The van der Waals surface area contributed by atoms with Crippen LogP contribution in [0.4, 0.5) is 5.69 Å². The second-order valence-electron chi connectivity index (χ2n) is 8.43. The van der Waals surface area contributed by atoms with E-state index in [-0.39, 0.29) is 36.7 Å². The van der Waals surface area contributed by atoms with E-state index < -0.39 is 0 Å². The van der Waals surface area contributed by atoms with Crippen LogP contribution < -0.4 is 15.0 Å². The number of nitrogens with zero attached hydrogens (tertiary/aromatic N) is 3. The molecule has 3 aliphatic rings. The van der Waals surface area contributed by atoms with E-state index in [4.69, 9.17) is 14.2 Å². The quantitative estimate of drug-likeness (QED) is 0.570. The Hall–Kier alpha value is -2.69. The number of carbonyl (C=O) groups is 3. The first-order chi connectivity index (χ1) is 16.1. The van der Waals surface area contributed by atoms with Crippen LogP contribution in [-0.4, -0.2) is 106 Å². The number of rotatable bonds is 8. The van der Waals surface area contributed by atoms with E-state index in [0.29, 0.717) is 45.1 Å². The Labute approximate surface area is 193 Å². The number of morpholine rings is 2. The lowest BCUT2D eigenvalue weighted by molar-refractivity contribution is -0.137. The molecule has 0 aliphatic carbocycles. The normalized spacial score (nSPS) is 21.8.